The zero-order valence-corrected chi connectivity index (χ0v) is 11.6. The van der Waals surface area contributed by atoms with E-state index in [-0.39, 0.29) is 24.3 Å². The van der Waals surface area contributed by atoms with Crippen LogP contribution in [0.15, 0.2) is 41.0 Å². The van der Waals surface area contributed by atoms with Crippen molar-refractivity contribution >= 4 is 5.91 Å². The summed E-state index contributed by atoms with van der Waals surface area (Å²) in [4.78, 5) is 14.2. The van der Waals surface area contributed by atoms with Gasteiger partial charge in [0.2, 0.25) is 0 Å². The number of furan rings is 1. The van der Waals surface area contributed by atoms with E-state index in [1.165, 1.54) is 18.4 Å². The first kappa shape index (κ1) is 13.8. The Kier molecular flexibility index (Phi) is 3.51. The molecule has 2 atom stereocenters. The van der Waals surface area contributed by atoms with Crippen molar-refractivity contribution in [3.63, 3.8) is 0 Å². The summed E-state index contributed by atoms with van der Waals surface area (Å²) in [5.74, 6) is -0.00720. The van der Waals surface area contributed by atoms with Crippen LogP contribution in [0.4, 0.5) is 4.39 Å². The van der Waals surface area contributed by atoms with Gasteiger partial charge in [-0.2, -0.15) is 0 Å². The van der Waals surface area contributed by atoms with Crippen LogP contribution in [-0.2, 0) is 0 Å². The summed E-state index contributed by atoms with van der Waals surface area (Å²) in [5, 5.41) is 9.91. The highest BCUT2D eigenvalue weighted by Gasteiger charge is 2.36. The first-order valence-corrected chi connectivity index (χ1v) is 6.85. The van der Waals surface area contributed by atoms with Crippen LogP contribution in [-0.4, -0.2) is 28.6 Å². The van der Waals surface area contributed by atoms with E-state index in [4.69, 9.17) is 4.42 Å². The van der Waals surface area contributed by atoms with Gasteiger partial charge < -0.3 is 14.4 Å². The molecule has 0 bridgehead atoms. The molecule has 0 saturated carbocycles. The van der Waals surface area contributed by atoms with E-state index in [0.29, 0.717) is 23.3 Å². The SMILES string of the molecule is Cc1occc1C(=O)N1C[C@H](O)C[C@H]1c1cccc(F)c1. The molecule has 1 saturated heterocycles. The van der Waals surface area contributed by atoms with E-state index < -0.39 is 6.10 Å². The van der Waals surface area contributed by atoms with E-state index in [1.807, 2.05) is 0 Å². The summed E-state index contributed by atoms with van der Waals surface area (Å²) in [6.45, 7) is 1.96. The summed E-state index contributed by atoms with van der Waals surface area (Å²) in [7, 11) is 0. The lowest BCUT2D eigenvalue weighted by Crippen LogP contribution is -2.32. The number of carbonyl (C=O) groups excluding carboxylic acids is 1. The Hall–Kier alpha value is -2.14. The topological polar surface area (TPSA) is 53.7 Å². The fraction of sp³-hybridized carbons (Fsp3) is 0.312. The molecule has 4 nitrogen and oxygen atoms in total. The van der Waals surface area contributed by atoms with Crippen molar-refractivity contribution in [2.75, 3.05) is 6.54 Å². The molecule has 1 N–H and O–H groups in total. The molecule has 1 aromatic heterocycles. The molecule has 21 heavy (non-hydrogen) atoms. The Morgan fingerprint density at radius 2 is 2.24 bits per heavy atom. The number of carbonyl (C=O) groups is 1. The molecule has 0 spiro atoms. The van der Waals surface area contributed by atoms with Gasteiger partial charge in [0, 0.05) is 6.54 Å². The molecule has 5 heteroatoms. The van der Waals surface area contributed by atoms with Crippen LogP contribution < -0.4 is 0 Å². The zero-order chi connectivity index (χ0) is 15.0. The number of halogens is 1. The van der Waals surface area contributed by atoms with Crippen molar-refractivity contribution < 1.29 is 18.7 Å². The van der Waals surface area contributed by atoms with Crippen molar-refractivity contribution in [3.8, 4) is 0 Å². The van der Waals surface area contributed by atoms with Crippen LogP contribution in [0.3, 0.4) is 0 Å². The molecule has 1 amide bonds. The maximum atomic E-state index is 13.4. The van der Waals surface area contributed by atoms with E-state index in [9.17, 15) is 14.3 Å². The summed E-state index contributed by atoms with van der Waals surface area (Å²) in [6, 6.07) is 7.45. The maximum absolute atomic E-state index is 13.4. The van der Waals surface area contributed by atoms with Gasteiger partial charge in [-0.05, 0) is 37.1 Å². The third-order valence-electron chi connectivity index (χ3n) is 3.86. The number of hydrogen-bond acceptors (Lipinski definition) is 3. The maximum Gasteiger partial charge on any atom is 0.257 e. The fourth-order valence-electron chi connectivity index (χ4n) is 2.83. The van der Waals surface area contributed by atoms with Gasteiger partial charge in [-0.25, -0.2) is 4.39 Å². The van der Waals surface area contributed by atoms with Crippen molar-refractivity contribution in [2.24, 2.45) is 0 Å². The van der Waals surface area contributed by atoms with Crippen LogP contribution in [0.5, 0.6) is 0 Å². The van der Waals surface area contributed by atoms with Crippen LogP contribution in [0.2, 0.25) is 0 Å². The van der Waals surface area contributed by atoms with Crippen molar-refractivity contribution in [1.29, 1.82) is 0 Å². The number of aryl methyl sites for hydroxylation is 1. The number of nitrogens with zero attached hydrogens (tertiary/aromatic N) is 1. The molecule has 3 rings (SSSR count). The smallest absolute Gasteiger partial charge is 0.257 e. The van der Waals surface area contributed by atoms with E-state index >= 15 is 0 Å². The molecule has 0 radical (unpaired) electrons. The molecule has 1 aromatic carbocycles. The van der Waals surface area contributed by atoms with Gasteiger partial charge in [-0.3, -0.25) is 4.79 Å². The zero-order valence-electron chi connectivity index (χ0n) is 11.6. The first-order chi connectivity index (χ1) is 10.1. The van der Waals surface area contributed by atoms with E-state index in [2.05, 4.69) is 0 Å². The van der Waals surface area contributed by atoms with Gasteiger partial charge in [0.1, 0.15) is 11.6 Å². The Morgan fingerprint density at radius 1 is 1.43 bits per heavy atom. The summed E-state index contributed by atoms with van der Waals surface area (Å²) >= 11 is 0. The van der Waals surface area contributed by atoms with Gasteiger partial charge in [-0.15, -0.1) is 0 Å². The fourth-order valence-corrected chi connectivity index (χ4v) is 2.83. The van der Waals surface area contributed by atoms with Crippen LogP contribution in [0.25, 0.3) is 0 Å². The predicted octanol–water partition coefficient (Wildman–Crippen LogP) is 2.68. The summed E-state index contributed by atoms with van der Waals surface area (Å²) < 4.78 is 18.6. The minimum absolute atomic E-state index is 0.202. The molecule has 1 fully saturated rings. The second-order valence-electron chi connectivity index (χ2n) is 5.31. The molecule has 0 aliphatic carbocycles. The lowest BCUT2D eigenvalue weighted by molar-refractivity contribution is 0.0714. The van der Waals surface area contributed by atoms with Gasteiger partial charge in [0.15, 0.2) is 0 Å². The molecule has 1 aliphatic rings. The quantitative estimate of drug-likeness (QED) is 0.924. The molecule has 0 unspecified atom stereocenters. The largest absolute Gasteiger partial charge is 0.469 e. The molecule has 2 heterocycles. The molecular weight excluding hydrogens is 273 g/mol. The predicted molar refractivity (Wildman–Crippen MR) is 74.2 cm³/mol. The minimum Gasteiger partial charge on any atom is -0.469 e. The van der Waals surface area contributed by atoms with Gasteiger partial charge >= 0.3 is 0 Å². The number of aliphatic hydroxyl groups excluding tert-OH is 1. The van der Waals surface area contributed by atoms with Gasteiger partial charge in [0.05, 0.1) is 24.0 Å². The van der Waals surface area contributed by atoms with Crippen LogP contribution in [0.1, 0.15) is 34.1 Å². The molecular formula is C16H16FNO3. The Bertz CT molecular complexity index is 667. The monoisotopic (exact) mass is 289 g/mol. The Balaban J connectivity index is 1.93. The number of rotatable bonds is 2. The van der Waals surface area contributed by atoms with Crippen molar-refractivity contribution in [1.82, 2.24) is 4.90 Å². The first-order valence-electron chi connectivity index (χ1n) is 6.85. The van der Waals surface area contributed by atoms with Gasteiger partial charge in [0.25, 0.3) is 5.91 Å². The van der Waals surface area contributed by atoms with Gasteiger partial charge in [-0.1, -0.05) is 12.1 Å². The number of amides is 1. The van der Waals surface area contributed by atoms with E-state index in [1.54, 1.807) is 30.0 Å². The number of likely N-dealkylation sites (tertiary alicyclic amines) is 1. The number of aliphatic hydroxyl groups is 1. The Morgan fingerprint density at radius 3 is 2.90 bits per heavy atom. The molecule has 110 valence electrons. The highest BCUT2D eigenvalue weighted by atomic mass is 19.1. The Labute approximate surface area is 121 Å². The van der Waals surface area contributed by atoms with Crippen LogP contribution in [0, 0.1) is 12.7 Å². The summed E-state index contributed by atoms with van der Waals surface area (Å²) in [6.07, 6.45) is 1.27. The molecule has 2 aromatic rings. The summed E-state index contributed by atoms with van der Waals surface area (Å²) in [5.41, 5.74) is 1.17. The third kappa shape index (κ3) is 2.56. The lowest BCUT2D eigenvalue weighted by Gasteiger charge is -2.24. The highest BCUT2D eigenvalue weighted by molar-refractivity contribution is 5.95. The third-order valence-corrected chi connectivity index (χ3v) is 3.86. The van der Waals surface area contributed by atoms with Crippen LogP contribution >= 0.6 is 0 Å². The van der Waals surface area contributed by atoms with Crippen molar-refractivity contribution in [3.05, 3.63) is 59.3 Å². The second-order valence-corrected chi connectivity index (χ2v) is 5.31. The second kappa shape index (κ2) is 5.33. The average Bonchev–Trinajstić information content (AvgIpc) is 3.04. The number of β-amino-alcohol motifs (C(OH)–C–C–N with tert-alkyl or cyclic N) is 1. The molecule has 1 aliphatic heterocycles. The van der Waals surface area contributed by atoms with E-state index in [0.717, 1.165) is 0 Å². The lowest BCUT2D eigenvalue weighted by atomic mass is 10.0. The minimum atomic E-state index is -0.602. The number of hydrogen-bond donors (Lipinski definition) is 1. The number of benzene rings is 1. The standard InChI is InChI=1S/C16H16FNO3/c1-10-14(5-6-21-10)16(20)18-9-13(19)8-15(18)11-3-2-4-12(17)7-11/h2-7,13,15,19H,8-9H2,1H3/t13-,15+/m1/s1. The average molecular weight is 289 g/mol. The normalized spacial score (nSPS) is 21.8. The van der Waals surface area contributed by atoms with Crippen molar-refractivity contribution in [2.45, 2.75) is 25.5 Å². The highest BCUT2D eigenvalue weighted by Crippen LogP contribution is 2.34.